The Balaban J connectivity index is 2.61. The van der Waals surface area contributed by atoms with Gasteiger partial charge in [0, 0.05) is 12.6 Å². The van der Waals surface area contributed by atoms with E-state index in [1.165, 1.54) is 0 Å². The number of ether oxygens (including phenoxy) is 1. The molecule has 0 aliphatic heterocycles. The van der Waals surface area contributed by atoms with Gasteiger partial charge in [-0.2, -0.15) is 0 Å². The van der Waals surface area contributed by atoms with Crippen molar-refractivity contribution < 1.29 is 4.74 Å². The van der Waals surface area contributed by atoms with Crippen molar-refractivity contribution in [3.63, 3.8) is 0 Å². The van der Waals surface area contributed by atoms with Crippen LogP contribution in [0, 0.1) is 0 Å². The zero-order chi connectivity index (χ0) is 12.6. The summed E-state index contributed by atoms with van der Waals surface area (Å²) in [5, 5.41) is 0.828. The third-order valence-electron chi connectivity index (χ3n) is 2.39. The number of hydrogen-bond donors (Lipinski definition) is 0. The lowest BCUT2D eigenvalue weighted by atomic mass is 10.1. The number of aryl methyl sites for hydroxylation is 1. The summed E-state index contributed by atoms with van der Waals surface area (Å²) in [5.41, 5.74) is 1.52. The minimum Gasteiger partial charge on any atom is -0.495 e. The summed E-state index contributed by atoms with van der Waals surface area (Å²) in [6, 6.07) is 3.60. The summed E-state index contributed by atoms with van der Waals surface area (Å²) < 4.78 is 7.80. The molecule has 0 unspecified atom stereocenters. The van der Waals surface area contributed by atoms with Crippen LogP contribution in [-0.4, -0.2) is 16.7 Å². The summed E-state index contributed by atoms with van der Waals surface area (Å²) in [7, 11) is 3.44. The second kappa shape index (κ2) is 4.88. The number of methoxy groups -OCH3 is 1. The highest BCUT2D eigenvalue weighted by Crippen LogP contribution is 2.40. The Hall–Kier alpha value is -0.710. The molecule has 0 aliphatic carbocycles. The van der Waals surface area contributed by atoms with Gasteiger partial charge in [0.2, 0.25) is 0 Å². The fourth-order valence-electron chi connectivity index (χ4n) is 1.47. The van der Waals surface area contributed by atoms with Crippen LogP contribution in [0.4, 0.5) is 0 Å². The summed E-state index contributed by atoms with van der Waals surface area (Å²) in [6.45, 7) is 0. The van der Waals surface area contributed by atoms with Crippen LogP contribution >= 0.6 is 39.1 Å². The molecule has 0 saturated carbocycles. The van der Waals surface area contributed by atoms with Crippen molar-refractivity contribution in [2.75, 3.05) is 7.11 Å². The number of aromatic nitrogens is 2. The maximum atomic E-state index is 6.21. The van der Waals surface area contributed by atoms with Crippen LogP contribution in [0.1, 0.15) is 0 Å². The van der Waals surface area contributed by atoms with Gasteiger partial charge in [-0.05, 0) is 28.1 Å². The Kier molecular flexibility index (Phi) is 3.66. The molecule has 0 amide bonds. The third-order valence-corrected chi connectivity index (χ3v) is 4.19. The molecule has 90 valence electrons. The number of rotatable bonds is 2. The quantitative estimate of drug-likeness (QED) is 0.823. The van der Waals surface area contributed by atoms with Gasteiger partial charge < -0.3 is 9.30 Å². The molecule has 2 aromatic rings. The van der Waals surface area contributed by atoms with Gasteiger partial charge in [0.25, 0.3) is 0 Å². The van der Waals surface area contributed by atoms with E-state index in [1.807, 2.05) is 17.7 Å². The molecule has 6 heteroatoms. The molecular formula is C11H9BrCl2N2O. The van der Waals surface area contributed by atoms with E-state index >= 15 is 0 Å². The van der Waals surface area contributed by atoms with Gasteiger partial charge in [-0.1, -0.05) is 23.2 Å². The highest BCUT2D eigenvalue weighted by molar-refractivity contribution is 9.10. The third kappa shape index (κ3) is 2.17. The van der Waals surface area contributed by atoms with E-state index in [-0.39, 0.29) is 0 Å². The number of nitrogens with zero attached hydrogens (tertiary/aromatic N) is 2. The number of halogens is 3. The van der Waals surface area contributed by atoms with Crippen LogP contribution < -0.4 is 4.74 Å². The molecule has 0 radical (unpaired) electrons. The van der Waals surface area contributed by atoms with Crippen LogP contribution in [0.5, 0.6) is 5.75 Å². The summed E-state index contributed by atoms with van der Waals surface area (Å²) in [6.07, 6.45) is 1.70. The molecular weight excluding hydrogens is 327 g/mol. The van der Waals surface area contributed by atoms with Crippen LogP contribution in [0.3, 0.4) is 0 Å². The Morgan fingerprint density at radius 1 is 1.29 bits per heavy atom. The SMILES string of the molecule is COc1ccc(-c2ncn(C)c2Br)c(Cl)c1Cl. The first-order chi connectivity index (χ1) is 8.06. The topological polar surface area (TPSA) is 27.1 Å². The Labute approximate surface area is 117 Å². The molecule has 0 atom stereocenters. The fourth-order valence-corrected chi connectivity index (χ4v) is 2.36. The molecule has 2 rings (SSSR count). The standard InChI is InChI=1S/C11H9BrCl2N2O/c1-16-5-15-10(11(16)12)6-3-4-7(17-2)9(14)8(6)13/h3-5H,1-2H3. The van der Waals surface area contributed by atoms with Crippen molar-refractivity contribution in [1.82, 2.24) is 9.55 Å². The number of imidazole rings is 1. The Morgan fingerprint density at radius 2 is 2.00 bits per heavy atom. The van der Waals surface area contributed by atoms with Crippen molar-refractivity contribution in [2.45, 2.75) is 0 Å². The van der Waals surface area contributed by atoms with Crippen molar-refractivity contribution >= 4 is 39.1 Å². The summed E-state index contributed by atoms with van der Waals surface area (Å²) in [5.74, 6) is 0.549. The lowest BCUT2D eigenvalue weighted by Crippen LogP contribution is -1.89. The molecule has 0 bridgehead atoms. The smallest absolute Gasteiger partial charge is 0.139 e. The lowest BCUT2D eigenvalue weighted by molar-refractivity contribution is 0.415. The minimum atomic E-state index is 0.393. The number of benzene rings is 1. The van der Waals surface area contributed by atoms with Crippen molar-refractivity contribution in [2.24, 2.45) is 7.05 Å². The van der Waals surface area contributed by atoms with Gasteiger partial charge in [0.05, 0.1) is 18.5 Å². The van der Waals surface area contributed by atoms with Gasteiger partial charge in [0.15, 0.2) is 0 Å². The summed E-state index contributed by atoms with van der Waals surface area (Å²) >= 11 is 15.8. The van der Waals surface area contributed by atoms with Gasteiger partial charge >= 0.3 is 0 Å². The molecule has 17 heavy (non-hydrogen) atoms. The number of hydrogen-bond acceptors (Lipinski definition) is 2. The van der Waals surface area contributed by atoms with E-state index < -0.39 is 0 Å². The molecule has 0 aliphatic rings. The van der Waals surface area contributed by atoms with Gasteiger partial charge in [-0.3, -0.25) is 0 Å². The van der Waals surface area contributed by atoms with Gasteiger partial charge in [-0.15, -0.1) is 0 Å². The average molecular weight is 336 g/mol. The lowest BCUT2D eigenvalue weighted by Gasteiger charge is -2.08. The maximum Gasteiger partial charge on any atom is 0.139 e. The Morgan fingerprint density at radius 3 is 2.53 bits per heavy atom. The van der Waals surface area contributed by atoms with Crippen molar-refractivity contribution in [3.05, 3.63) is 33.1 Å². The van der Waals surface area contributed by atoms with E-state index in [2.05, 4.69) is 20.9 Å². The molecule has 0 saturated heterocycles. The maximum absolute atomic E-state index is 6.21. The monoisotopic (exact) mass is 334 g/mol. The highest BCUT2D eigenvalue weighted by Gasteiger charge is 2.16. The molecule has 1 heterocycles. The van der Waals surface area contributed by atoms with Crippen molar-refractivity contribution in [1.29, 1.82) is 0 Å². The second-order valence-electron chi connectivity index (χ2n) is 3.44. The molecule has 0 spiro atoms. The van der Waals surface area contributed by atoms with Crippen LogP contribution in [0.2, 0.25) is 10.0 Å². The minimum absolute atomic E-state index is 0.393. The molecule has 0 fully saturated rings. The van der Waals surface area contributed by atoms with E-state index in [9.17, 15) is 0 Å². The largest absolute Gasteiger partial charge is 0.495 e. The normalized spacial score (nSPS) is 10.6. The predicted octanol–water partition coefficient (Wildman–Crippen LogP) is 4.17. The average Bonchev–Trinajstić information content (AvgIpc) is 2.64. The predicted molar refractivity (Wildman–Crippen MR) is 72.9 cm³/mol. The zero-order valence-electron chi connectivity index (χ0n) is 9.17. The fraction of sp³-hybridized carbons (Fsp3) is 0.182. The molecule has 1 aromatic heterocycles. The van der Waals surface area contributed by atoms with Crippen molar-refractivity contribution in [3.8, 4) is 17.0 Å². The van der Waals surface area contributed by atoms with Gasteiger partial charge in [0.1, 0.15) is 21.1 Å². The molecule has 1 aromatic carbocycles. The first kappa shape index (κ1) is 12.7. The zero-order valence-corrected chi connectivity index (χ0v) is 12.3. The van der Waals surface area contributed by atoms with E-state index in [4.69, 9.17) is 27.9 Å². The van der Waals surface area contributed by atoms with E-state index in [1.54, 1.807) is 19.5 Å². The Bertz CT molecular complexity index is 569. The van der Waals surface area contributed by atoms with Crippen LogP contribution in [-0.2, 0) is 7.05 Å². The highest BCUT2D eigenvalue weighted by atomic mass is 79.9. The van der Waals surface area contributed by atoms with Gasteiger partial charge in [-0.25, -0.2) is 4.98 Å². The molecule has 3 nitrogen and oxygen atoms in total. The van der Waals surface area contributed by atoms with Crippen LogP contribution in [0.25, 0.3) is 11.3 Å². The van der Waals surface area contributed by atoms with Crippen LogP contribution in [0.15, 0.2) is 23.1 Å². The second-order valence-corrected chi connectivity index (χ2v) is 4.95. The first-order valence-corrected chi connectivity index (χ1v) is 6.30. The summed E-state index contributed by atoms with van der Waals surface area (Å²) in [4.78, 5) is 4.28. The molecule has 0 N–H and O–H groups in total. The van der Waals surface area contributed by atoms with E-state index in [0.717, 1.165) is 15.9 Å². The first-order valence-electron chi connectivity index (χ1n) is 4.75. The van der Waals surface area contributed by atoms with E-state index in [0.29, 0.717) is 15.8 Å².